The zero-order valence-corrected chi connectivity index (χ0v) is 16.2. The maximum Gasteiger partial charge on any atom is 0.272 e. The van der Waals surface area contributed by atoms with E-state index in [1.165, 1.54) is 5.69 Å². The van der Waals surface area contributed by atoms with Crippen LogP contribution in [0.1, 0.15) is 40.0 Å². The molecule has 1 amide bonds. The number of hydrogen-bond acceptors (Lipinski definition) is 5. The Balaban J connectivity index is 1.42. The number of fused-ring (bicyclic) bond motifs is 1. The Hall–Kier alpha value is -1.70. The van der Waals surface area contributed by atoms with Gasteiger partial charge in [0, 0.05) is 41.2 Å². The van der Waals surface area contributed by atoms with Gasteiger partial charge in [-0.05, 0) is 30.7 Å². The zero-order chi connectivity index (χ0) is 18.1. The Morgan fingerprint density at radius 2 is 2.35 bits per heavy atom. The Morgan fingerprint density at radius 1 is 1.50 bits per heavy atom. The molecular formula is C19H26N4O2S. The minimum Gasteiger partial charge on any atom is -0.380 e. The largest absolute Gasteiger partial charge is 0.380 e. The SMILES string of the molecule is Cn1nc(C(=O)NCc2cccs2)c2c1CCC(NCC1(C)COC1)C2. The molecule has 4 rings (SSSR count). The number of carbonyl (C=O) groups is 1. The van der Waals surface area contributed by atoms with Crippen LogP contribution in [0.25, 0.3) is 0 Å². The lowest BCUT2D eigenvalue weighted by atomic mass is 9.86. The van der Waals surface area contributed by atoms with Gasteiger partial charge in [-0.15, -0.1) is 11.3 Å². The normalized spacial score (nSPS) is 21.1. The number of hydrogen-bond donors (Lipinski definition) is 2. The number of thiophene rings is 1. The smallest absolute Gasteiger partial charge is 0.272 e. The molecule has 1 fully saturated rings. The molecule has 7 heteroatoms. The van der Waals surface area contributed by atoms with Crippen LogP contribution in [-0.2, 0) is 31.2 Å². The molecule has 0 spiro atoms. The van der Waals surface area contributed by atoms with Gasteiger partial charge in [-0.2, -0.15) is 5.10 Å². The Kier molecular flexibility index (Phi) is 4.86. The van der Waals surface area contributed by atoms with Crippen molar-refractivity contribution in [3.05, 3.63) is 39.3 Å². The monoisotopic (exact) mass is 374 g/mol. The summed E-state index contributed by atoms with van der Waals surface area (Å²) in [6, 6.07) is 4.43. The molecule has 2 N–H and O–H groups in total. The maximum absolute atomic E-state index is 12.7. The maximum atomic E-state index is 12.7. The lowest BCUT2D eigenvalue weighted by molar-refractivity contribution is -0.100. The number of rotatable bonds is 6. The van der Waals surface area contributed by atoms with Crippen molar-refractivity contribution in [2.75, 3.05) is 19.8 Å². The first-order chi connectivity index (χ1) is 12.5. The second-order valence-corrected chi connectivity index (χ2v) is 8.82. The number of aromatic nitrogens is 2. The molecule has 1 aliphatic carbocycles. The van der Waals surface area contributed by atoms with E-state index >= 15 is 0 Å². The summed E-state index contributed by atoms with van der Waals surface area (Å²) in [5, 5.41) is 13.2. The number of carbonyl (C=O) groups excluding carboxylic acids is 1. The van der Waals surface area contributed by atoms with Gasteiger partial charge in [-0.3, -0.25) is 9.48 Å². The van der Waals surface area contributed by atoms with Crippen LogP contribution in [0.2, 0.25) is 0 Å². The molecule has 1 unspecified atom stereocenters. The topological polar surface area (TPSA) is 68.2 Å². The summed E-state index contributed by atoms with van der Waals surface area (Å²) in [6.45, 7) is 5.45. The number of ether oxygens (including phenoxy) is 1. The minimum atomic E-state index is -0.0738. The highest BCUT2D eigenvalue weighted by Gasteiger charge is 2.35. The second kappa shape index (κ2) is 7.13. The van der Waals surface area contributed by atoms with E-state index in [0.717, 1.165) is 49.5 Å². The number of nitrogens with one attached hydrogen (secondary N) is 2. The van der Waals surface area contributed by atoms with Gasteiger partial charge in [0.25, 0.3) is 5.91 Å². The molecule has 3 heterocycles. The van der Waals surface area contributed by atoms with Gasteiger partial charge < -0.3 is 15.4 Å². The van der Waals surface area contributed by atoms with Gasteiger partial charge in [0.15, 0.2) is 5.69 Å². The van der Waals surface area contributed by atoms with Crippen LogP contribution in [0.5, 0.6) is 0 Å². The van der Waals surface area contributed by atoms with Crippen LogP contribution in [-0.4, -0.2) is 41.5 Å². The zero-order valence-electron chi connectivity index (χ0n) is 15.4. The van der Waals surface area contributed by atoms with Crippen LogP contribution in [0.4, 0.5) is 0 Å². The Bertz CT molecular complexity index is 780. The van der Waals surface area contributed by atoms with Crippen LogP contribution in [0.15, 0.2) is 17.5 Å². The van der Waals surface area contributed by atoms with Gasteiger partial charge in [0.05, 0.1) is 19.8 Å². The third kappa shape index (κ3) is 3.56. The Labute approximate surface area is 157 Å². The highest BCUT2D eigenvalue weighted by molar-refractivity contribution is 7.09. The molecule has 0 radical (unpaired) electrons. The van der Waals surface area contributed by atoms with Crippen molar-refractivity contribution in [3.8, 4) is 0 Å². The van der Waals surface area contributed by atoms with Crippen molar-refractivity contribution in [2.24, 2.45) is 12.5 Å². The molecule has 2 aromatic heterocycles. The lowest BCUT2D eigenvalue weighted by Gasteiger charge is -2.39. The van der Waals surface area contributed by atoms with Gasteiger partial charge in [0.2, 0.25) is 0 Å². The summed E-state index contributed by atoms with van der Waals surface area (Å²) < 4.78 is 7.22. The molecule has 1 saturated heterocycles. The van der Waals surface area contributed by atoms with E-state index in [0.29, 0.717) is 18.3 Å². The van der Waals surface area contributed by atoms with E-state index in [1.807, 2.05) is 29.2 Å². The molecule has 6 nitrogen and oxygen atoms in total. The fourth-order valence-corrected chi connectivity index (χ4v) is 4.40. The summed E-state index contributed by atoms with van der Waals surface area (Å²) >= 11 is 1.65. The third-order valence-corrected chi connectivity index (χ3v) is 6.27. The van der Waals surface area contributed by atoms with E-state index in [2.05, 4.69) is 22.7 Å². The van der Waals surface area contributed by atoms with E-state index in [1.54, 1.807) is 11.3 Å². The predicted octanol–water partition coefficient (Wildman–Crippen LogP) is 1.89. The summed E-state index contributed by atoms with van der Waals surface area (Å²) in [5.41, 5.74) is 3.15. The molecule has 140 valence electrons. The summed E-state index contributed by atoms with van der Waals surface area (Å²) in [5.74, 6) is -0.0738. The highest BCUT2D eigenvalue weighted by Crippen LogP contribution is 2.28. The first kappa shape index (κ1) is 17.7. The van der Waals surface area contributed by atoms with Gasteiger partial charge in [0.1, 0.15) is 0 Å². The molecule has 2 aromatic rings. The van der Waals surface area contributed by atoms with Crippen LogP contribution < -0.4 is 10.6 Å². The van der Waals surface area contributed by atoms with E-state index in [-0.39, 0.29) is 11.3 Å². The molecule has 1 aliphatic heterocycles. The minimum absolute atomic E-state index is 0.0738. The van der Waals surface area contributed by atoms with Crippen LogP contribution in [0.3, 0.4) is 0 Å². The second-order valence-electron chi connectivity index (χ2n) is 7.78. The molecule has 1 atom stereocenters. The van der Waals surface area contributed by atoms with Crippen LogP contribution >= 0.6 is 11.3 Å². The summed E-state index contributed by atoms with van der Waals surface area (Å²) in [4.78, 5) is 13.8. The van der Waals surface area contributed by atoms with Gasteiger partial charge in [-0.1, -0.05) is 13.0 Å². The number of aryl methyl sites for hydroxylation is 1. The summed E-state index contributed by atoms with van der Waals surface area (Å²) in [6.07, 6.45) is 2.91. The first-order valence-corrected chi connectivity index (χ1v) is 10.1. The number of nitrogens with zero attached hydrogens (tertiary/aromatic N) is 2. The fourth-order valence-electron chi connectivity index (χ4n) is 3.75. The molecule has 26 heavy (non-hydrogen) atoms. The molecule has 0 aromatic carbocycles. The summed E-state index contributed by atoms with van der Waals surface area (Å²) in [7, 11) is 1.94. The fraction of sp³-hybridized carbons (Fsp3) is 0.579. The molecule has 2 aliphatic rings. The van der Waals surface area contributed by atoms with E-state index < -0.39 is 0 Å². The van der Waals surface area contributed by atoms with Crippen molar-refractivity contribution in [3.63, 3.8) is 0 Å². The highest BCUT2D eigenvalue weighted by atomic mass is 32.1. The van der Waals surface area contributed by atoms with Gasteiger partial charge >= 0.3 is 0 Å². The van der Waals surface area contributed by atoms with Crippen molar-refractivity contribution in [1.82, 2.24) is 20.4 Å². The van der Waals surface area contributed by atoms with E-state index in [4.69, 9.17) is 4.74 Å². The first-order valence-electron chi connectivity index (χ1n) is 9.20. The van der Waals surface area contributed by atoms with Gasteiger partial charge in [-0.25, -0.2) is 0 Å². The average Bonchev–Trinajstić information content (AvgIpc) is 3.24. The lowest BCUT2D eigenvalue weighted by Crippen LogP contribution is -2.50. The van der Waals surface area contributed by atoms with Crippen molar-refractivity contribution >= 4 is 17.2 Å². The van der Waals surface area contributed by atoms with Crippen molar-refractivity contribution < 1.29 is 9.53 Å². The quantitative estimate of drug-likeness (QED) is 0.810. The van der Waals surface area contributed by atoms with Crippen LogP contribution in [0, 0.1) is 5.41 Å². The molecule has 0 bridgehead atoms. The average molecular weight is 375 g/mol. The predicted molar refractivity (Wildman–Crippen MR) is 101 cm³/mol. The van der Waals surface area contributed by atoms with Crippen molar-refractivity contribution in [2.45, 2.75) is 38.8 Å². The Morgan fingerprint density at radius 3 is 3.04 bits per heavy atom. The molecule has 0 saturated carbocycles. The molecular weight excluding hydrogens is 348 g/mol. The number of amides is 1. The van der Waals surface area contributed by atoms with E-state index in [9.17, 15) is 4.79 Å². The van der Waals surface area contributed by atoms with Crippen molar-refractivity contribution in [1.29, 1.82) is 0 Å². The third-order valence-electron chi connectivity index (χ3n) is 5.39. The standard InChI is InChI=1S/C19H26N4O2S/c1-19(11-25-12-19)10-21-13-5-6-16-15(8-13)17(22-23(16)2)18(24)20-9-14-4-3-7-26-14/h3-4,7,13,21H,5-6,8-12H2,1-2H3,(H,20,24).